The van der Waals surface area contributed by atoms with Crippen LogP contribution in [0.5, 0.6) is 0 Å². The predicted octanol–water partition coefficient (Wildman–Crippen LogP) is -0.534. The smallest absolute Gasteiger partial charge is 0.305 e. The summed E-state index contributed by atoms with van der Waals surface area (Å²) in [6.07, 6.45) is 1.45. The third-order valence-corrected chi connectivity index (χ3v) is 2.75. The van der Waals surface area contributed by atoms with E-state index in [0.29, 0.717) is 13.0 Å². The Morgan fingerprint density at radius 2 is 2.35 bits per heavy atom. The van der Waals surface area contributed by atoms with Crippen molar-refractivity contribution in [3.05, 3.63) is 5.82 Å². The van der Waals surface area contributed by atoms with Gasteiger partial charge < -0.3 is 15.7 Å². The van der Waals surface area contributed by atoms with Crippen molar-refractivity contribution >= 4 is 17.8 Å². The number of nitrogens with two attached hydrogens (primary N) is 1. The van der Waals surface area contributed by atoms with Crippen LogP contribution in [0.1, 0.15) is 29.9 Å². The molecule has 92 valence electrons. The number of carboxylic acids is 1. The zero-order valence-corrected chi connectivity index (χ0v) is 9.09. The molecule has 17 heavy (non-hydrogen) atoms. The summed E-state index contributed by atoms with van der Waals surface area (Å²) in [5.74, 6) is -1.20. The maximum atomic E-state index is 12.0. The number of aliphatic carboxylic acids is 1. The van der Waals surface area contributed by atoms with Gasteiger partial charge in [0, 0.05) is 12.6 Å². The van der Waals surface area contributed by atoms with Gasteiger partial charge in [-0.3, -0.25) is 14.7 Å². The molecule has 1 aliphatic heterocycles. The fraction of sp³-hybridized carbons (Fsp3) is 0.556. The quantitative estimate of drug-likeness (QED) is 0.650. The Labute approximate surface area is 96.8 Å². The number of hydrogen-bond donors (Lipinski definition) is 3. The van der Waals surface area contributed by atoms with Crippen molar-refractivity contribution in [2.75, 3.05) is 12.3 Å². The summed E-state index contributed by atoms with van der Waals surface area (Å²) in [6, 6.07) is -0.272. The molecule has 1 aliphatic rings. The number of nitrogen functional groups attached to an aromatic ring is 1. The van der Waals surface area contributed by atoms with Crippen LogP contribution in [0.25, 0.3) is 0 Å². The van der Waals surface area contributed by atoms with Gasteiger partial charge >= 0.3 is 5.97 Å². The number of rotatable bonds is 3. The summed E-state index contributed by atoms with van der Waals surface area (Å²) in [5, 5.41) is 14.8. The van der Waals surface area contributed by atoms with Gasteiger partial charge in [-0.15, -0.1) is 5.10 Å². The Morgan fingerprint density at radius 1 is 1.59 bits per heavy atom. The fourth-order valence-corrected chi connectivity index (χ4v) is 2.02. The summed E-state index contributed by atoms with van der Waals surface area (Å²) in [7, 11) is 0. The second kappa shape index (κ2) is 4.40. The van der Waals surface area contributed by atoms with Crippen molar-refractivity contribution in [2.24, 2.45) is 0 Å². The van der Waals surface area contributed by atoms with Crippen molar-refractivity contribution in [1.82, 2.24) is 20.1 Å². The number of likely N-dealkylation sites (tertiary alicyclic amines) is 1. The van der Waals surface area contributed by atoms with Crippen molar-refractivity contribution in [3.8, 4) is 0 Å². The Balaban J connectivity index is 2.10. The number of hydrogen-bond acceptors (Lipinski definition) is 5. The highest BCUT2D eigenvalue weighted by molar-refractivity contribution is 5.91. The minimum atomic E-state index is -0.910. The lowest BCUT2D eigenvalue weighted by molar-refractivity contribution is -0.137. The third kappa shape index (κ3) is 2.35. The maximum Gasteiger partial charge on any atom is 0.305 e. The molecule has 2 heterocycles. The molecular formula is C9H13N5O3. The molecule has 8 heteroatoms. The van der Waals surface area contributed by atoms with Gasteiger partial charge in [-0.1, -0.05) is 0 Å². The summed E-state index contributed by atoms with van der Waals surface area (Å²) < 4.78 is 0. The molecule has 0 saturated carbocycles. The SMILES string of the molecule is Nc1n[nH]c(C(=O)N2CCCC2CC(=O)O)n1. The molecule has 1 aromatic rings. The monoisotopic (exact) mass is 239 g/mol. The molecule has 0 aliphatic carbocycles. The first kappa shape index (κ1) is 11.4. The number of H-pyrrole nitrogens is 1. The lowest BCUT2D eigenvalue weighted by Crippen LogP contribution is -2.37. The Hall–Kier alpha value is -2.12. The molecule has 0 radical (unpaired) electrons. The molecule has 0 spiro atoms. The summed E-state index contributed by atoms with van der Waals surface area (Å²) in [4.78, 5) is 27.9. The van der Waals surface area contributed by atoms with Gasteiger partial charge in [0.05, 0.1) is 6.42 Å². The van der Waals surface area contributed by atoms with Crippen molar-refractivity contribution < 1.29 is 14.7 Å². The molecule has 8 nitrogen and oxygen atoms in total. The van der Waals surface area contributed by atoms with E-state index in [2.05, 4.69) is 15.2 Å². The molecule has 2 rings (SSSR count). The summed E-state index contributed by atoms with van der Waals surface area (Å²) >= 11 is 0. The summed E-state index contributed by atoms with van der Waals surface area (Å²) in [5.41, 5.74) is 5.31. The molecule has 1 saturated heterocycles. The van der Waals surface area contributed by atoms with E-state index >= 15 is 0 Å². The normalized spacial score (nSPS) is 19.5. The van der Waals surface area contributed by atoms with E-state index in [4.69, 9.17) is 10.8 Å². The Bertz CT molecular complexity index is 444. The van der Waals surface area contributed by atoms with Gasteiger partial charge in [0.15, 0.2) is 0 Å². The van der Waals surface area contributed by atoms with Crippen molar-refractivity contribution in [2.45, 2.75) is 25.3 Å². The molecular weight excluding hydrogens is 226 g/mol. The van der Waals surface area contributed by atoms with Crippen LogP contribution in [0.15, 0.2) is 0 Å². The van der Waals surface area contributed by atoms with E-state index in [0.717, 1.165) is 6.42 Å². The number of nitrogens with one attached hydrogen (secondary N) is 1. The number of nitrogens with zero attached hydrogens (tertiary/aromatic N) is 3. The first-order valence-corrected chi connectivity index (χ1v) is 5.28. The molecule has 1 amide bonds. The van der Waals surface area contributed by atoms with Crippen molar-refractivity contribution in [3.63, 3.8) is 0 Å². The number of amides is 1. The Kier molecular flexibility index (Phi) is 2.94. The second-order valence-corrected chi connectivity index (χ2v) is 3.93. The van der Waals surface area contributed by atoms with Gasteiger partial charge in [-0.25, -0.2) is 0 Å². The van der Waals surface area contributed by atoms with Crippen LogP contribution in [-0.4, -0.2) is 49.7 Å². The molecule has 0 aromatic carbocycles. The average Bonchev–Trinajstić information content (AvgIpc) is 2.85. The number of carbonyl (C=O) groups is 2. The van der Waals surface area contributed by atoms with Crippen LogP contribution < -0.4 is 5.73 Å². The average molecular weight is 239 g/mol. The molecule has 1 unspecified atom stereocenters. The highest BCUT2D eigenvalue weighted by atomic mass is 16.4. The number of aromatic amines is 1. The summed E-state index contributed by atoms with van der Waals surface area (Å²) in [6.45, 7) is 0.539. The third-order valence-electron chi connectivity index (χ3n) is 2.75. The zero-order chi connectivity index (χ0) is 12.4. The van der Waals surface area contributed by atoms with Gasteiger partial charge in [-0.05, 0) is 12.8 Å². The van der Waals surface area contributed by atoms with Gasteiger partial charge in [-0.2, -0.15) is 4.98 Å². The van der Waals surface area contributed by atoms with Crippen molar-refractivity contribution in [1.29, 1.82) is 0 Å². The van der Waals surface area contributed by atoms with E-state index in [-0.39, 0.29) is 30.1 Å². The highest BCUT2D eigenvalue weighted by Crippen LogP contribution is 2.21. The number of anilines is 1. The fourth-order valence-electron chi connectivity index (χ4n) is 2.02. The van der Waals surface area contributed by atoms with Crippen LogP contribution in [0.4, 0.5) is 5.95 Å². The number of carbonyl (C=O) groups excluding carboxylic acids is 1. The van der Waals surface area contributed by atoms with E-state index in [9.17, 15) is 9.59 Å². The van der Waals surface area contributed by atoms with Gasteiger partial charge in [0.1, 0.15) is 0 Å². The van der Waals surface area contributed by atoms with Crippen LogP contribution >= 0.6 is 0 Å². The topological polar surface area (TPSA) is 125 Å². The zero-order valence-electron chi connectivity index (χ0n) is 9.09. The van der Waals surface area contributed by atoms with Crippen LogP contribution in [0, 0.1) is 0 Å². The molecule has 1 fully saturated rings. The first-order valence-electron chi connectivity index (χ1n) is 5.28. The van der Waals surface area contributed by atoms with E-state index in [1.807, 2.05) is 0 Å². The molecule has 0 bridgehead atoms. The largest absolute Gasteiger partial charge is 0.481 e. The van der Waals surface area contributed by atoms with Crippen LogP contribution in [0.3, 0.4) is 0 Å². The minimum absolute atomic E-state index is 0.00216. The maximum absolute atomic E-state index is 12.0. The predicted molar refractivity (Wildman–Crippen MR) is 57.1 cm³/mol. The van der Waals surface area contributed by atoms with E-state index in [1.54, 1.807) is 0 Å². The van der Waals surface area contributed by atoms with Gasteiger partial charge in [0.25, 0.3) is 5.91 Å². The number of carboxylic acid groups (broad SMARTS) is 1. The van der Waals surface area contributed by atoms with Crippen LogP contribution in [-0.2, 0) is 4.79 Å². The molecule has 1 aromatic heterocycles. The second-order valence-electron chi connectivity index (χ2n) is 3.93. The van der Waals surface area contributed by atoms with E-state index in [1.165, 1.54) is 4.90 Å². The standard InChI is InChI=1S/C9H13N5O3/c10-9-11-7(12-13-9)8(17)14-3-1-2-5(14)4-6(15)16/h5H,1-4H2,(H,15,16)(H3,10,11,12,13). The first-order chi connectivity index (χ1) is 8.08. The Morgan fingerprint density at radius 3 is 2.94 bits per heavy atom. The molecule has 4 N–H and O–H groups in total. The van der Waals surface area contributed by atoms with Gasteiger partial charge in [0.2, 0.25) is 11.8 Å². The minimum Gasteiger partial charge on any atom is -0.481 e. The molecule has 1 atom stereocenters. The highest BCUT2D eigenvalue weighted by Gasteiger charge is 2.32. The lowest BCUT2D eigenvalue weighted by atomic mass is 10.1. The lowest BCUT2D eigenvalue weighted by Gasteiger charge is -2.21. The van der Waals surface area contributed by atoms with Crippen LogP contribution in [0.2, 0.25) is 0 Å². The van der Waals surface area contributed by atoms with E-state index < -0.39 is 5.97 Å². The number of aromatic nitrogens is 3.